The quantitative estimate of drug-likeness (QED) is 0.313. The summed E-state index contributed by atoms with van der Waals surface area (Å²) < 4.78 is 0. The Hall–Kier alpha value is -0.950. The molecule has 1 unspecified atom stereocenters. The predicted molar refractivity (Wildman–Crippen MR) is 138 cm³/mol. The summed E-state index contributed by atoms with van der Waals surface area (Å²) in [6.07, 6.45) is 11.9. The van der Waals surface area contributed by atoms with Crippen LogP contribution < -0.4 is 0 Å². The van der Waals surface area contributed by atoms with Gasteiger partial charge in [0.05, 0.1) is 0 Å². The fourth-order valence-electron chi connectivity index (χ4n) is 7.67. The molecule has 0 radical (unpaired) electrons. The minimum absolute atomic E-state index is 0.0200. The van der Waals surface area contributed by atoms with E-state index in [2.05, 4.69) is 13.8 Å². The van der Waals surface area contributed by atoms with Crippen LogP contribution in [0.3, 0.4) is 0 Å². The van der Waals surface area contributed by atoms with Gasteiger partial charge in [0.15, 0.2) is 11.5 Å². The van der Waals surface area contributed by atoms with Crippen LogP contribution in [0.2, 0.25) is 0 Å². The van der Waals surface area contributed by atoms with Crippen LogP contribution in [0.4, 0.5) is 0 Å². The van der Waals surface area contributed by atoms with Crippen molar-refractivity contribution in [1.82, 2.24) is 0 Å². The number of carboxylic acid groups (broad SMARTS) is 1. The van der Waals surface area contributed by atoms with Gasteiger partial charge in [0.2, 0.25) is 0 Å². The second kappa shape index (κ2) is 10.6. The summed E-state index contributed by atoms with van der Waals surface area (Å²) in [7, 11) is 3.92. The van der Waals surface area contributed by atoms with E-state index in [4.69, 9.17) is 5.11 Å². The molecule has 0 amide bonds. The topological polar surface area (TPSA) is 91.7 Å². The molecule has 3 saturated carbocycles. The zero-order chi connectivity index (χ0) is 24.5. The lowest BCUT2D eigenvalue weighted by Crippen LogP contribution is -2.51. The Morgan fingerprint density at radius 1 is 0.971 bits per heavy atom. The molecular formula is C27H40O5S2. The summed E-state index contributed by atoms with van der Waals surface area (Å²) in [5, 5.41) is 19.5. The number of carbonyl (C=O) groups is 3. The third kappa shape index (κ3) is 4.98. The summed E-state index contributed by atoms with van der Waals surface area (Å²) in [5.74, 6) is 2.75. The van der Waals surface area contributed by atoms with Crippen molar-refractivity contribution in [3.63, 3.8) is 0 Å². The van der Waals surface area contributed by atoms with Gasteiger partial charge >= 0.3 is 5.97 Å². The van der Waals surface area contributed by atoms with Crippen LogP contribution in [0.5, 0.6) is 0 Å². The third-order valence-corrected chi connectivity index (χ3v) is 12.7. The van der Waals surface area contributed by atoms with E-state index in [1.807, 2.05) is 21.6 Å². The number of Topliss-reactive ketones (excluding diaryl/α,β-unsaturated/α-hetero) is 2. The number of unbranched alkanes of at least 4 members (excludes halogenated alkanes) is 1. The lowest BCUT2D eigenvalue weighted by atomic mass is 9.47. The number of carbonyl (C=O) groups excluding carboxylic acids is 2. The molecule has 5 rings (SSSR count). The maximum Gasteiger partial charge on any atom is 0.303 e. The predicted octanol–water partition coefficient (Wildman–Crippen LogP) is 6.76. The first-order valence-corrected chi connectivity index (χ1v) is 15.5. The molecule has 6 atom stereocenters. The Labute approximate surface area is 211 Å². The third-order valence-electron chi connectivity index (χ3n) is 9.70. The number of aliphatic hydroxyl groups excluding tert-OH is 1. The molecule has 5 nitrogen and oxygen atoms in total. The van der Waals surface area contributed by atoms with E-state index in [1.54, 1.807) is 0 Å². The second-order valence-electron chi connectivity index (χ2n) is 11.5. The molecule has 0 aromatic heterocycles. The van der Waals surface area contributed by atoms with Crippen molar-refractivity contribution >= 4 is 39.1 Å². The van der Waals surface area contributed by atoms with Crippen molar-refractivity contribution in [2.24, 2.45) is 28.6 Å². The van der Waals surface area contributed by atoms with Gasteiger partial charge in [-0.1, -0.05) is 41.9 Å². The first kappa shape index (κ1) is 26.1. The van der Waals surface area contributed by atoms with Crippen molar-refractivity contribution in [2.45, 2.75) is 103 Å². The summed E-state index contributed by atoms with van der Waals surface area (Å²) in [4.78, 5) is 34.4. The molecule has 34 heavy (non-hydrogen) atoms. The van der Waals surface area contributed by atoms with Crippen LogP contribution in [0.25, 0.3) is 0 Å². The monoisotopic (exact) mass is 508 g/mol. The number of hydrogen-bond acceptors (Lipinski definition) is 6. The largest absolute Gasteiger partial charge is 0.504 e. The van der Waals surface area contributed by atoms with Crippen molar-refractivity contribution in [2.75, 3.05) is 5.75 Å². The minimum Gasteiger partial charge on any atom is -0.504 e. The second-order valence-corrected chi connectivity index (χ2v) is 14.3. The van der Waals surface area contributed by atoms with Crippen molar-refractivity contribution in [3.8, 4) is 0 Å². The maximum absolute atomic E-state index is 12.4. The average Bonchev–Trinajstić information content (AvgIpc) is 3.42. The number of aliphatic carboxylic acids is 1. The van der Waals surface area contributed by atoms with Crippen LogP contribution in [0, 0.1) is 28.6 Å². The molecule has 4 aliphatic carbocycles. The number of fused-ring (bicyclic) bond motifs is 5. The van der Waals surface area contributed by atoms with Gasteiger partial charge in [0, 0.05) is 35.7 Å². The van der Waals surface area contributed by atoms with Crippen molar-refractivity contribution in [1.29, 1.82) is 0 Å². The molecule has 4 fully saturated rings. The van der Waals surface area contributed by atoms with Crippen LogP contribution in [-0.2, 0) is 14.4 Å². The highest BCUT2D eigenvalue weighted by Gasteiger charge is 2.59. The molecule has 1 aliphatic heterocycles. The van der Waals surface area contributed by atoms with Gasteiger partial charge in [0.25, 0.3) is 0 Å². The normalized spacial score (nSPS) is 39.1. The molecule has 5 aliphatic rings. The minimum atomic E-state index is -0.663. The standard InChI is InChI=1S/C19H26O3.C8H14O2S2/c1-18-10-8-15(20)17(22)14(18)4-3-11-12-5-6-16(21)19(12,2)9-7-13(11)18;9-8(10)4-2-1-3-7-5-6-11-12-7/h11-13,22H,3-10H2,1-2H3;7H,1-6H2,(H,9,10)/t11-,12-,13-,18+,19-;/m0./s1. The highest BCUT2D eigenvalue weighted by molar-refractivity contribution is 8.77. The van der Waals surface area contributed by atoms with Gasteiger partial charge in [-0.25, -0.2) is 0 Å². The van der Waals surface area contributed by atoms with E-state index < -0.39 is 5.97 Å². The highest BCUT2D eigenvalue weighted by atomic mass is 33.1. The average molecular weight is 509 g/mol. The number of ketones is 2. The Kier molecular flexibility index (Phi) is 8.13. The molecular weight excluding hydrogens is 468 g/mol. The van der Waals surface area contributed by atoms with E-state index in [0.29, 0.717) is 36.4 Å². The van der Waals surface area contributed by atoms with Gasteiger partial charge in [-0.05, 0) is 86.5 Å². The molecule has 0 aromatic carbocycles. The number of hydrogen-bond donors (Lipinski definition) is 2. The summed E-state index contributed by atoms with van der Waals surface area (Å²) in [5.41, 5.74) is 0.914. The van der Waals surface area contributed by atoms with E-state index in [-0.39, 0.29) is 22.4 Å². The lowest BCUT2D eigenvalue weighted by molar-refractivity contribution is -0.137. The molecule has 1 heterocycles. The van der Waals surface area contributed by atoms with Gasteiger partial charge in [-0.2, -0.15) is 0 Å². The van der Waals surface area contributed by atoms with E-state index >= 15 is 0 Å². The maximum atomic E-state index is 12.4. The fraction of sp³-hybridized carbons (Fsp3) is 0.815. The smallest absolute Gasteiger partial charge is 0.303 e. The number of carboxylic acids is 1. The van der Waals surface area contributed by atoms with Gasteiger partial charge in [-0.3, -0.25) is 14.4 Å². The summed E-state index contributed by atoms with van der Waals surface area (Å²) in [6, 6.07) is 0. The van der Waals surface area contributed by atoms with Crippen LogP contribution in [-0.4, -0.2) is 38.8 Å². The number of rotatable bonds is 5. The molecule has 0 aromatic rings. The fourth-order valence-corrected chi connectivity index (χ4v) is 10.7. The molecule has 0 spiro atoms. The first-order valence-electron chi connectivity index (χ1n) is 13.2. The summed E-state index contributed by atoms with van der Waals surface area (Å²) >= 11 is 0. The van der Waals surface area contributed by atoms with Crippen molar-refractivity contribution in [3.05, 3.63) is 11.3 Å². The Morgan fingerprint density at radius 3 is 2.44 bits per heavy atom. The Bertz CT molecular complexity index is 848. The molecule has 2 N–H and O–H groups in total. The Morgan fingerprint density at radius 2 is 1.74 bits per heavy atom. The van der Waals surface area contributed by atoms with Crippen LogP contribution >= 0.6 is 21.6 Å². The number of aliphatic hydroxyl groups is 1. The summed E-state index contributed by atoms with van der Waals surface area (Å²) in [6.45, 7) is 4.46. The molecule has 190 valence electrons. The van der Waals surface area contributed by atoms with Gasteiger partial charge < -0.3 is 10.2 Å². The van der Waals surface area contributed by atoms with Crippen molar-refractivity contribution < 1.29 is 24.6 Å². The Balaban J connectivity index is 0.000000195. The van der Waals surface area contributed by atoms with Gasteiger partial charge in [0.1, 0.15) is 5.78 Å². The SMILES string of the molecule is C[C@]12CCC(=O)C(O)=C1CC[C@@H]1[C@@H]2CC[C@]2(C)C(=O)CC[C@@H]12.O=C(O)CCCCC1CCSS1. The van der Waals surface area contributed by atoms with E-state index in [9.17, 15) is 19.5 Å². The van der Waals surface area contributed by atoms with E-state index in [1.165, 1.54) is 18.6 Å². The van der Waals surface area contributed by atoms with Gasteiger partial charge in [-0.15, -0.1) is 0 Å². The molecule has 1 saturated heterocycles. The molecule has 7 heteroatoms. The first-order chi connectivity index (χ1) is 16.2. The number of allylic oxidation sites excluding steroid dienone is 1. The lowest BCUT2D eigenvalue weighted by Gasteiger charge is -2.56. The van der Waals surface area contributed by atoms with Crippen LogP contribution in [0.15, 0.2) is 11.3 Å². The van der Waals surface area contributed by atoms with E-state index in [0.717, 1.165) is 68.6 Å². The zero-order valence-corrected chi connectivity index (χ0v) is 22.3. The zero-order valence-electron chi connectivity index (χ0n) is 20.6. The highest BCUT2D eigenvalue weighted by Crippen LogP contribution is 2.64. The van der Waals surface area contributed by atoms with Crippen LogP contribution in [0.1, 0.15) is 97.3 Å². The molecule has 0 bridgehead atoms.